The molecule has 0 unspecified atom stereocenters. The molecule has 68 valence electrons. The van der Waals surface area contributed by atoms with E-state index < -0.39 is 8.25 Å². The summed E-state index contributed by atoms with van der Waals surface area (Å²) in [6.07, 6.45) is 1.31. The Hall–Kier alpha value is -0.543. The maximum atomic E-state index is 8.70. The molecule has 0 bridgehead atoms. The van der Waals surface area contributed by atoms with Gasteiger partial charge in [-0.15, -0.1) is 9.79 Å². The van der Waals surface area contributed by atoms with E-state index in [9.17, 15) is 0 Å². The van der Waals surface area contributed by atoms with E-state index >= 15 is 0 Å². The first-order chi connectivity index (χ1) is 6.20. The van der Waals surface area contributed by atoms with Crippen molar-refractivity contribution in [3.63, 3.8) is 0 Å². The van der Waals surface area contributed by atoms with E-state index in [2.05, 4.69) is 24.3 Å². The topological polar surface area (TPSA) is 57.5 Å². The van der Waals surface area contributed by atoms with E-state index in [4.69, 9.17) is 14.4 Å². The Kier molecular flexibility index (Phi) is 4.25. The molecule has 0 aliphatic carbocycles. The molecule has 2 radical (unpaired) electrons. The maximum Gasteiger partial charge on any atom is 0.692 e. The molecule has 0 saturated carbocycles. The molecular formula is C8H10O3PSi+. The molecule has 1 aromatic rings. The van der Waals surface area contributed by atoms with E-state index in [1.54, 1.807) is 10.8 Å². The van der Waals surface area contributed by atoms with Gasteiger partial charge in [0.1, 0.15) is 0 Å². The zero-order valence-electron chi connectivity index (χ0n) is 6.97. The van der Waals surface area contributed by atoms with Crippen LogP contribution in [0.3, 0.4) is 0 Å². The number of fused-ring (bicyclic) bond motifs is 1. The lowest BCUT2D eigenvalue weighted by Gasteiger charge is -1.93. The molecular weight excluding hydrogens is 203 g/mol. The summed E-state index contributed by atoms with van der Waals surface area (Å²) in [5.41, 5.74) is 1.58. The van der Waals surface area contributed by atoms with E-state index in [-0.39, 0.29) is 0 Å². The Morgan fingerprint density at radius 2 is 1.92 bits per heavy atom. The normalized spacial score (nSPS) is 12.8. The first-order valence-electron chi connectivity index (χ1n) is 3.87. The fraction of sp³-hybridized carbons (Fsp3) is 0.250. The summed E-state index contributed by atoms with van der Waals surface area (Å²) in [7, 11) is -1.79. The Balaban J connectivity index is 0.000000184. The number of hydrogen-bond acceptors (Lipinski definition) is 1. The van der Waals surface area contributed by atoms with Gasteiger partial charge in [-0.2, -0.15) is 0 Å². The highest BCUT2D eigenvalue weighted by Gasteiger charge is 2.08. The molecule has 1 heterocycles. The van der Waals surface area contributed by atoms with Crippen LogP contribution in [0.4, 0.5) is 0 Å². The molecule has 0 amide bonds. The number of benzene rings is 1. The maximum absolute atomic E-state index is 8.70. The van der Waals surface area contributed by atoms with Gasteiger partial charge >= 0.3 is 8.25 Å². The second-order valence-electron chi connectivity index (χ2n) is 2.59. The number of rotatable bonds is 0. The van der Waals surface area contributed by atoms with Crippen molar-refractivity contribution in [2.45, 2.75) is 12.5 Å². The van der Waals surface area contributed by atoms with Crippen LogP contribution in [-0.2, 0) is 11.0 Å². The fourth-order valence-corrected chi connectivity index (χ4v) is 2.56. The van der Waals surface area contributed by atoms with Gasteiger partial charge in [0.05, 0.1) is 9.52 Å². The summed E-state index contributed by atoms with van der Waals surface area (Å²) in [6, 6.07) is 10.2. The molecule has 3 nitrogen and oxygen atoms in total. The minimum atomic E-state index is -2.87. The lowest BCUT2D eigenvalue weighted by Crippen LogP contribution is -2.08. The van der Waals surface area contributed by atoms with Gasteiger partial charge in [-0.05, 0) is 12.0 Å². The van der Waals surface area contributed by atoms with Gasteiger partial charge in [0.2, 0.25) is 0 Å². The summed E-state index contributed by atoms with van der Waals surface area (Å²) in [4.78, 5) is 14.2. The molecule has 1 aliphatic rings. The summed E-state index contributed by atoms with van der Waals surface area (Å²) in [5, 5.41) is 1.59. The second-order valence-corrected chi connectivity index (χ2v) is 4.48. The predicted molar refractivity (Wildman–Crippen MR) is 52.4 cm³/mol. The van der Waals surface area contributed by atoms with Crippen molar-refractivity contribution < 1.29 is 14.4 Å². The van der Waals surface area contributed by atoms with Crippen LogP contribution in [-0.4, -0.2) is 19.3 Å². The Morgan fingerprint density at radius 3 is 2.54 bits per heavy atom. The minimum Gasteiger partial charge on any atom is -0.134 e. The van der Waals surface area contributed by atoms with E-state index in [1.807, 2.05) is 0 Å². The third-order valence-electron chi connectivity index (χ3n) is 1.73. The standard InChI is InChI=1S/C8H8Si.HO3P/c1-2-4-8-7(3-1)5-6-9-8;1-4(2)3/h1-4H,5-6H2;(H-,1,2,3)/p+1. The molecule has 0 fully saturated rings. The van der Waals surface area contributed by atoms with Gasteiger partial charge in [0.15, 0.2) is 0 Å². The van der Waals surface area contributed by atoms with Crippen LogP contribution < -0.4 is 5.19 Å². The van der Waals surface area contributed by atoms with Crippen molar-refractivity contribution in [3.8, 4) is 0 Å². The zero-order chi connectivity index (χ0) is 9.68. The lowest BCUT2D eigenvalue weighted by molar-refractivity contribution is 0.405. The number of hydrogen-bond donors (Lipinski definition) is 2. The average Bonchev–Trinajstić information content (AvgIpc) is 2.49. The van der Waals surface area contributed by atoms with Crippen molar-refractivity contribution in [1.82, 2.24) is 0 Å². The zero-order valence-corrected chi connectivity index (χ0v) is 8.87. The molecule has 1 aliphatic heterocycles. The van der Waals surface area contributed by atoms with Gasteiger partial charge in [0, 0.05) is 4.57 Å². The van der Waals surface area contributed by atoms with Crippen LogP contribution >= 0.6 is 8.25 Å². The number of aryl methyl sites for hydroxylation is 1. The first kappa shape index (κ1) is 10.5. The first-order valence-corrected chi connectivity index (χ1v) is 6.24. The van der Waals surface area contributed by atoms with Crippen LogP contribution in [0.5, 0.6) is 0 Å². The molecule has 0 saturated heterocycles. The highest BCUT2D eigenvalue weighted by Crippen LogP contribution is 2.06. The molecule has 2 N–H and O–H groups in total. The molecule has 2 rings (SSSR count). The quantitative estimate of drug-likeness (QED) is 0.490. The van der Waals surface area contributed by atoms with Crippen molar-refractivity contribution in [1.29, 1.82) is 0 Å². The fourth-order valence-electron chi connectivity index (χ4n) is 1.24. The van der Waals surface area contributed by atoms with Gasteiger partial charge in [-0.1, -0.05) is 35.5 Å². The van der Waals surface area contributed by atoms with Crippen LogP contribution in [0.25, 0.3) is 0 Å². The summed E-state index contributed by atoms with van der Waals surface area (Å²) in [6.45, 7) is 0. The summed E-state index contributed by atoms with van der Waals surface area (Å²) >= 11 is 0. The van der Waals surface area contributed by atoms with Gasteiger partial charge in [-0.3, -0.25) is 0 Å². The highest BCUT2D eigenvalue weighted by molar-refractivity contribution is 7.30. The van der Waals surface area contributed by atoms with Crippen molar-refractivity contribution in [2.75, 3.05) is 0 Å². The summed E-state index contributed by atoms with van der Waals surface area (Å²) < 4.78 is 8.70. The molecule has 13 heavy (non-hydrogen) atoms. The molecule has 0 spiro atoms. The van der Waals surface area contributed by atoms with E-state index in [0.717, 1.165) is 9.52 Å². The van der Waals surface area contributed by atoms with E-state index in [0.29, 0.717) is 0 Å². The molecule has 0 aromatic heterocycles. The largest absolute Gasteiger partial charge is 0.692 e. The average molecular weight is 213 g/mol. The SMILES string of the molecule is O=[P+](O)O.c1ccc2c(c1)CC[Si]2. The molecule has 1 aromatic carbocycles. The van der Waals surface area contributed by atoms with Crippen LogP contribution in [0, 0.1) is 0 Å². The summed E-state index contributed by atoms with van der Waals surface area (Å²) in [5.74, 6) is 0. The van der Waals surface area contributed by atoms with Gasteiger partial charge in [-0.25, -0.2) is 0 Å². The highest BCUT2D eigenvalue weighted by atomic mass is 31.1. The minimum absolute atomic E-state index is 1.08. The smallest absolute Gasteiger partial charge is 0.134 e. The monoisotopic (exact) mass is 213 g/mol. The third-order valence-corrected chi connectivity index (χ3v) is 3.10. The van der Waals surface area contributed by atoms with Gasteiger partial charge in [0.25, 0.3) is 0 Å². The Morgan fingerprint density at radius 1 is 1.31 bits per heavy atom. The lowest BCUT2D eigenvalue weighted by atomic mass is 10.2. The van der Waals surface area contributed by atoms with Crippen molar-refractivity contribution >= 4 is 23.0 Å². The van der Waals surface area contributed by atoms with Crippen LogP contribution in [0.2, 0.25) is 6.04 Å². The third kappa shape index (κ3) is 3.78. The Labute approximate surface area is 80.2 Å². The second kappa shape index (κ2) is 5.24. The van der Waals surface area contributed by atoms with E-state index in [1.165, 1.54) is 12.5 Å². The Bertz CT molecular complexity index is 276. The predicted octanol–water partition coefficient (Wildman–Crippen LogP) is 0.619. The van der Waals surface area contributed by atoms with Crippen LogP contribution in [0.1, 0.15) is 5.56 Å². The van der Waals surface area contributed by atoms with Gasteiger partial charge < -0.3 is 0 Å². The van der Waals surface area contributed by atoms with Crippen molar-refractivity contribution in [2.24, 2.45) is 0 Å². The molecule has 0 atom stereocenters. The van der Waals surface area contributed by atoms with Crippen LogP contribution in [0.15, 0.2) is 24.3 Å². The van der Waals surface area contributed by atoms with Crippen molar-refractivity contribution in [3.05, 3.63) is 29.8 Å². The molecule has 5 heteroatoms.